The van der Waals surface area contributed by atoms with Crippen molar-refractivity contribution < 1.29 is 18.7 Å². The van der Waals surface area contributed by atoms with E-state index >= 15 is 0 Å². The zero-order chi connectivity index (χ0) is 16.6. The number of halogens is 1. The number of benzene rings is 1. The number of ether oxygens (including phenoxy) is 1. The molecule has 5 nitrogen and oxygen atoms in total. The van der Waals surface area contributed by atoms with Gasteiger partial charge in [-0.1, -0.05) is 0 Å². The number of nitrogens with one attached hydrogen (secondary N) is 2. The molecule has 1 atom stereocenters. The molecular weight excluding hydrogens is 299 g/mol. The van der Waals surface area contributed by atoms with Gasteiger partial charge in [0.05, 0.1) is 13.5 Å². The van der Waals surface area contributed by atoms with Crippen molar-refractivity contribution in [3.8, 4) is 0 Å². The van der Waals surface area contributed by atoms with Gasteiger partial charge in [0, 0.05) is 17.1 Å². The Bertz CT molecular complexity index is 766. The van der Waals surface area contributed by atoms with E-state index in [9.17, 15) is 14.0 Å². The van der Waals surface area contributed by atoms with Crippen LogP contribution in [0.25, 0.3) is 10.9 Å². The van der Waals surface area contributed by atoms with Crippen LogP contribution < -0.4 is 5.32 Å². The van der Waals surface area contributed by atoms with Crippen molar-refractivity contribution >= 4 is 22.8 Å². The second kappa shape index (κ2) is 5.68. The van der Waals surface area contributed by atoms with Gasteiger partial charge in [-0.05, 0) is 49.4 Å². The molecule has 1 heterocycles. The summed E-state index contributed by atoms with van der Waals surface area (Å²) in [5.74, 6) is -0.886. The molecule has 23 heavy (non-hydrogen) atoms. The second-order valence-corrected chi connectivity index (χ2v) is 6.20. The number of esters is 1. The van der Waals surface area contributed by atoms with Gasteiger partial charge in [0.15, 0.2) is 0 Å². The average Bonchev–Trinajstić information content (AvgIpc) is 3.30. The van der Waals surface area contributed by atoms with Crippen molar-refractivity contribution in [2.75, 3.05) is 7.11 Å². The van der Waals surface area contributed by atoms with Gasteiger partial charge in [-0.3, -0.25) is 4.79 Å². The SMILES string of the molecule is COC(=O)C(C)(NC(=O)Cc1c[nH]c2cc(F)ccc12)C1CC1. The van der Waals surface area contributed by atoms with E-state index in [4.69, 9.17) is 4.74 Å². The van der Waals surface area contributed by atoms with Crippen LogP contribution in [0.15, 0.2) is 24.4 Å². The summed E-state index contributed by atoms with van der Waals surface area (Å²) in [4.78, 5) is 27.4. The van der Waals surface area contributed by atoms with Crippen molar-refractivity contribution in [3.05, 3.63) is 35.8 Å². The Morgan fingerprint density at radius 2 is 2.17 bits per heavy atom. The number of aromatic nitrogens is 1. The average molecular weight is 318 g/mol. The largest absolute Gasteiger partial charge is 0.467 e. The zero-order valence-electron chi connectivity index (χ0n) is 13.1. The Kier molecular flexibility index (Phi) is 3.83. The number of carbonyl (C=O) groups is 2. The first kappa shape index (κ1) is 15.5. The molecular formula is C17H19FN2O3. The minimum atomic E-state index is -0.982. The topological polar surface area (TPSA) is 71.2 Å². The van der Waals surface area contributed by atoms with E-state index in [1.807, 2.05) is 0 Å². The summed E-state index contributed by atoms with van der Waals surface area (Å²) in [6.07, 6.45) is 3.61. The minimum absolute atomic E-state index is 0.116. The molecule has 1 saturated carbocycles. The Morgan fingerprint density at radius 1 is 1.43 bits per heavy atom. The molecule has 0 saturated heterocycles. The van der Waals surface area contributed by atoms with Crippen molar-refractivity contribution in [2.24, 2.45) is 5.92 Å². The molecule has 0 bridgehead atoms. The lowest BCUT2D eigenvalue weighted by Crippen LogP contribution is -2.55. The van der Waals surface area contributed by atoms with Crippen LogP contribution in [-0.2, 0) is 20.7 Å². The van der Waals surface area contributed by atoms with Gasteiger partial charge < -0.3 is 15.0 Å². The summed E-state index contributed by atoms with van der Waals surface area (Å²) < 4.78 is 18.0. The lowest BCUT2D eigenvalue weighted by Gasteiger charge is -2.27. The van der Waals surface area contributed by atoms with Crippen molar-refractivity contribution in [1.82, 2.24) is 10.3 Å². The number of methoxy groups -OCH3 is 1. The lowest BCUT2D eigenvalue weighted by molar-refractivity contribution is -0.151. The van der Waals surface area contributed by atoms with Crippen molar-refractivity contribution in [3.63, 3.8) is 0 Å². The standard InChI is InChI=1S/C17H19FN2O3/c1-17(11-3-4-11,16(22)23-2)20-15(21)7-10-9-19-14-8-12(18)5-6-13(10)14/h5-6,8-9,11,19H,3-4,7H2,1-2H3,(H,20,21). The summed E-state index contributed by atoms with van der Waals surface area (Å²) in [5, 5.41) is 3.62. The lowest BCUT2D eigenvalue weighted by atomic mass is 9.95. The molecule has 2 N–H and O–H groups in total. The van der Waals surface area contributed by atoms with E-state index in [0.717, 1.165) is 23.8 Å². The van der Waals surface area contributed by atoms with E-state index in [1.54, 1.807) is 19.2 Å². The van der Waals surface area contributed by atoms with Crippen LogP contribution in [0.3, 0.4) is 0 Å². The van der Waals surface area contributed by atoms with Gasteiger partial charge in [0.25, 0.3) is 0 Å². The van der Waals surface area contributed by atoms with Crippen LogP contribution in [0, 0.1) is 11.7 Å². The number of H-pyrrole nitrogens is 1. The van der Waals surface area contributed by atoms with E-state index < -0.39 is 11.5 Å². The molecule has 1 aliphatic rings. The van der Waals surface area contributed by atoms with Gasteiger partial charge in [-0.15, -0.1) is 0 Å². The predicted molar refractivity (Wildman–Crippen MR) is 83.2 cm³/mol. The van der Waals surface area contributed by atoms with Crippen LogP contribution in [0.4, 0.5) is 4.39 Å². The molecule has 0 aliphatic heterocycles. The molecule has 1 aromatic heterocycles. The van der Waals surface area contributed by atoms with Gasteiger partial charge in [-0.25, -0.2) is 9.18 Å². The molecule has 1 fully saturated rings. The number of carbonyl (C=O) groups excluding carboxylic acids is 2. The first-order valence-corrected chi connectivity index (χ1v) is 7.59. The monoisotopic (exact) mass is 318 g/mol. The highest BCUT2D eigenvalue weighted by Gasteiger charge is 2.49. The number of rotatable bonds is 5. The van der Waals surface area contributed by atoms with Crippen molar-refractivity contribution in [2.45, 2.75) is 31.7 Å². The number of fused-ring (bicyclic) bond motifs is 1. The molecule has 6 heteroatoms. The third-order valence-corrected chi connectivity index (χ3v) is 4.48. The first-order chi connectivity index (χ1) is 10.9. The minimum Gasteiger partial charge on any atom is -0.467 e. The number of aromatic amines is 1. The van der Waals surface area contributed by atoms with Gasteiger partial charge in [0.1, 0.15) is 11.4 Å². The molecule has 0 spiro atoms. The smallest absolute Gasteiger partial charge is 0.331 e. The van der Waals surface area contributed by atoms with Crippen molar-refractivity contribution in [1.29, 1.82) is 0 Å². The quantitative estimate of drug-likeness (QED) is 0.831. The fourth-order valence-electron chi connectivity index (χ4n) is 3.00. The van der Waals surface area contributed by atoms with E-state index in [-0.39, 0.29) is 24.1 Å². The van der Waals surface area contributed by atoms with Gasteiger partial charge in [-0.2, -0.15) is 0 Å². The molecule has 1 aliphatic carbocycles. The zero-order valence-corrected chi connectivity index (χ0v) is 13.1. The van der Waals surface area contributed by atoms with Crippen LogP contribution >= 0.6 is 0 Å². The molecule has 1 unspecified atom stereocenters. The Balaban J connectivity index is 1.76. The van der Waals surface area contributed by atoms with Crippen LogP contribution in [0.2, 0.25) is 0 Å². The number of hydrogen-bond acceptors (Lipinski definition) is 3. The summed E-state index contributed by atoms with van der Waals surface area (Å²) in [6, 6.07) is 4.39. The normalized spacial score (nSPS) is 16.8. The molecule has 1 aromatic carbocycles. The summed E-state index contributed by atoms with van der Waals surface area (Å²) in [7, 11) is 1.32. The van der Waals surface area contributed by atoms with Crippen LogP contribution in [0.1, 0.15) is 25.3 Å². The number of hydrogen-bond donors (Lipinski definition) is 2. The highest BCUT2D eigenvalue weighted by atomic mass is 19.1. The Labute approximate surface area is 133 Å². The third-order valence-electron chi connectivity index (χ3n) is 4.48. The molecule has 1 amide bonds. The van der Waals surface area contributed by atoms with Crippen LogP contribution in [0.5, 0.6) is 0 Å². The number of amides is 1. The van der Waals surface area contributed by atoms with Gasteiger partial charge >= 0.3 is 5.97 Å². The Hall–Kier alpha value is -2.37. The molecule has 122 valence electrons. The first-order valence-electron chi connectivity index (χ1n) is 7.59. The summed E-state index contributed by atoms with van der Waals surface area (Å²) in [5.41, 5.74) is 0.426. The Morgan fingerprint density at radius 3 is 2.83 bits per heavy atom. The highest BCUT2D eigenvalue weighted by molar-refractivity contribution is 5.92. The second-order valence-electron chi connectivity index (χ2n) is 6.20. The van der Waals surface area contributed by atoms with E-state index in [1.165, 1.54) is 19.2 Å². The maximum Gasteiger partial charge on any atom is 0.331 e. The molecule has 3 rings (SSSR count). The van der Waals surface area contributed by atoms with Crippen LogP contribution in [-0.4, -0.2) is 29.5 Å². The predicted octanol–water partition coefficient (Wildman–Crippen LogP) is 2.31. The maximum atomic E-state index is 13.2. The fraction of sp³-hybridized carbons (Fsp3) is 0.412. The van der Waals surface area contributed by atoms with E-state index in [2.05, 4.69) is 10.3 Å². The summed E-state index contributed by atoms with van der Waals surface area (Å²) in [6.45, 7) is 1.71. The molecule has 2 aromatic rings. The maximum absolute atomic E-state index is 13.2. The summed E-state index contributed by atoms with van der Waals surface area (Å²) >= 11 is 0. The van der Waals surface area contributed by atoms with Gasteiger partial charge in [0.2, 0.25) is 5.91 Å². The fourth-order valence-corrected chi connectivity index (χ4v) is 3.00. The third kappa shape index (κ3) is 2.93. The van der Waals surface area contributed by atoms with E-state index in [0.29, 0.717) is 5.52 Å². The highest BCUT2D eigenvalue weighted by Crippen LogP contribution is 2.40. The molecule has 0 radical (unpaired) electrons.